The van der Waals surface area contributed by atoms with Crippen LogP contribution in [-0.4, -0.2) is 11.5 Å². The van der Waals surface area contributed by atoms with Crippen LogP contribution >= 0.6 is 11.8 Å². The minimum absolute atomic E-state index is 0.104. The molecule has 64 valence electrons. The highest BCUT2D eigenvalue weighted by Crippen LogP contribution is 2.23. The molecular weight excluding hydrogens is 168 g/mol. The van der Waals surface area contributed by atoms with E-state index in [0.717, 1.165) is 17.6 Å². The molecule has 1 aromatic rings. The quantitative estimate of drug-likeness (QED) is 0.523. The first-order chi connectivity index (χ1) is 5.86. The average Bonchev–Trinajstić information content (AvgIpc) is 2.16. The van der Waals surface area contributed by atoms with Crippen molar-refractivity contribution in [2.24, 2.45) is 0 Å². The Morgan fingerprint density at radius 2 is 2.08 bits per heavy atom. The predicted molar refractivity (Wildman–Crippen MR) is 52.4 cm³/mol. The zero-order valence-electron chi connectivity index (χ0n) is 7.07. The SMILES string of the molecule is CCC(C=O)Sc1ccccc1. The molecule has 0 amide bonds. The van der Waals surface area contributed by atoms with Crippen molar-refractivity contribution in [2.45, 2.75) is 23.5 Å². The van der Waals surface area contributed by atoms with Gasteiger partial charge in [0.15, 0.2) is 0 Å². The average molecular weight is 180 g/mol. The van der Waals surface area contributed by atoms with E-state index in [-0.39, 0.29) is 5.25 Å². The molecule has 0 bridgehead atoms. The summed E-state index contributed by atoms with van der Waals surface area (Å²) >= 11 is 1.62. The highest BCUT2D eigenvalue weighted by molar-refractivity contribution is 8.00. The molecule has 0 spiro atoms. The summed E-state index contributed by atoms with van der Waals surface area (Å²) in [6.07, 6.45) is 1.90. The van der Waals surface area contributed by atoms with Crippen molar-refractivity contribution in [3.63, 3.8) is 0 Å². The minimum atomic E-state index is 0.104. The molecular formula is C10H12OS. The highest BCUT2D eigenvalue weighted by Gasteiger charge is 2.04. The number of rotatable bonds is 4. The number of carbonyl (C=O) groups is 1. The Hall–Kier alpha value is -0.760. The fourth-order valence-corrected chi connectivity index (χ4v) is 1.77. The molecule has 2 heteroatoms. The van der Waals surface area contributed by atoms with Gasteiger partial charge in [0.05, 0.1) is 5.25 Å². The van der Waals surface area contributed by atoms with Crippen LogP contribution in [0.2, 0.25) is 0 Å². The number of aldehydes is 1. The van der Waals surface area contributed by atoms with Gasteiger partial charge in [0.1, 0.15) is 6.29 Å². The van der Waals surface area contributed by atoms with Gasteiger partial charge in [-0.25, -0.2) is 0 Å². The lowest BCUT2D eigenvalue weighted by molar-refractivity contribution is -0.107. The lowest BCUT2D eigenvalue weighted by Crippen LogP contribution is -2.00. The number of thioether (sulfide) groups is 1. The standard InChI is InChI=1S/C10H12OS/c1-2-9(8-11)12-10-6-4-3-5-7-10/h3-9H,2H2,1H3. The van der Waals surface area contributed by atoms with Gasteiger partial charge in [0.2, 0.25) is 0 Å². The van der Waals surface area contributed by atoms with Crippen molar-refractivity contribution in [3.05, 3.63) is 30.3 Å². The Balaban J connectivity index is 2.56. The topological polar surface area (TPSA) is 17.1 Å². The summed E-state index contributed by atoms with van der Waals surface area (Å²) in [6.45, 7) is 2.02. The van der Waals surface area contributed by atoms with Gasteiger partial charge in [-0.3, -0.25) is 0 Å². The van der Waals surface area contributed by atoms with Gasteiger partial charge in [-0.1, -0.05) is 25.1 Å². The van der Waals surface area contributed by atoms with Gasteiger partial charge < -0.3 is 4.79 Å². The van der Waals surface area contributed by atoms with Crippen LogP contribution in [0.3, 0.4) is 0 Å². The number of hydrogen-bond donors (Lipinski definition) is 0. The molecule has 1 unspecified atom stereocenters. The zero-order valence-corrected chi connectivity index (χ0v) is 7.88. The Labute approximate surface area is 77.2 Å². The molecule has 0 aliphatic rings. The number of benzene rings is 1. The van der Waals surface area contributed by atoms with Crippen LogP contribution < -0.4 is 0 Å². The van der Waals surface area contributed by atoms with Crippen molar-refractivity contribution in [1.29, 1.82) is 0 Å². The summed E-state index contributed by atoms with van der Waals surface area (Å²) in [6, 6.07) is 10.00. The molecule has 0 aliphatic carbocycles. The molecule has 0 aromatic heterocycles. The van der Waals surface area contributed by atoms with Crippen molar-refractivity contribution in [1.82, 2.24) is 0 Å². The van der Waals surface area contributed by atoms with Gasteiger partial charge in [0.25, 0.3) is 0 Å². The van der Waals surface area contributed by atoms with Gasteiger partial charge >= 0.3 is 0 Å². The maximum Gasteiger partial charge on any atom is 0.133 e. The fraction of sp³-hybridized carbons (Fsp3) is 0.300. The summed E-state index contributed by atoms with van der Waals surface area (Å²) in [4.78, 5) is 11.7. The first kappa shape index (κ1) is 9.33. The first-order valence-electron chi connectivity index (χ1n) is 4.03. The molecule has 1 aromatic carbocycles. The summed E-state index contributed by atoms with van der Waals surface area (Å²) in [5, 5.41) is 0.104. The lowest BCUT2D eigenvalue weighted by atomic mass is 10.4. The van der Waals surface area contributed by atoms with E-state index < -0.39 is 0 Å². The smallest absolute Gasteiger partial charge is 0.133 e. The number of carbonyl (C=O) groups excluding carboxylic acids is 1. The van der Waals surface area contributed by atoms with Crippen molar-refractivity contribution >= 4 is 18.0 Å². The van der Waals surface area contributed by atoms with E-state index >= 15 is 0 Å². The molecule has 0 saturated carbocycles. The fourth-order valence-electron chi connectivity index (χ4n) is 0.881. The second-order valence-electron chi connectivity index (χ2n) is 2.51. The van der Waals surface area contributed by atoms with Crippen LogP contribution in [0.15, 0.2) is 35.2 Å². The van der Waals surface area contributed by atoms with Crippen LogP contribution in [0.5, 0.6) is 0 Å². The highest BCUT2D eigenvalue weighted by atomic mass is 32.2. The van der Waals surface area contributed by atoms with Gasteiger partial charge in [-0.15, -0.1) is 11.8 Å². The summed E-state index contributed by atoms with van der Waals surface area (Å²) in [7, 11) is 0. The molecule has 0 saturated heterocycles. The largest absolute Gasteiger partial charge is 0.302 e. The molecule has 1 nitrogen and oxygen atoms in total. The van der Waals surface area contributed by atoms with Gasteiger partial charge in [-0.2, -0.15) is 0 Å². The maximum atomic E-state index is 10.5. The minimum Gasteiger partial charge on any atom is -0.302 e. The maximum absolute atomic E-state index is 10.5. The van der Waals surface area contributed by atoms with E-state index in [2.05, 4.69) is 0 Å². The normalized spacial score (nSPS) is 12.4. The zero-order chi connectivity index (χ0) is 8.81. The summed E-state index contributed by atoms with van der Waals surface area (Å²) < 4.78 is 0. The van der Waals surface area contributed by atoms with Gasteiger partial charge in [0, 0.05) is 4.90 Å². The van der Waals surface area contributed by atoms with Crippen LogP contribution in [0.25, 0.3) is 0 Å². The van der Waals surface area contributed by atoms with Gasteiger partial charge in [-0.05, 0) is 18.6 Å². The predicted octanol–water partition coefficient (Wildman–Crippen LogP) is 2.76. The third-order valence-corrected chi connectivity index (χ3v) is 2.88. The van der Waals surface area contributed by atoms with Crippen LogP contribution in [-0.2, 0) is 4.79 Å². The van der Waals surface area contributed by atoms with E-state index in [0.29, 0.717) is 0 Å². The van der Waals surface area contributed by atoms with E-state index in [1.54, 1.807) is 11.8 Å². The second-order valence-corrected chi connectivity index (χ2v) is 3.83. The lowest BCUT2D eigenvalue weighted by Gasteiger charge is -2.05. The molecule has 1 atom stereocenters. The van der Waals surface area contributed by atoms with Crippen molar-refractivity contribution < 1.29 is 4.79 Å². The molecule has 0 heterocycles. The molecule has 0 radical (unpaired) electrons. The monoisotopic (exact) mass is 180 g/mol. The molecule has 0 aliphatic heterocycles. The Kier molecular flexibility index (Phi) is 3.88. The second kappa shape index (κ2) is 4.99. The van der Waals surface area contributed by atoms with E-state index in [4.69, 9.17) is 0 Å². The third-order valence-electron chi connectivity index (χ3n) is 1.58. The number of hydrogen-bond acceptors (Lipinski definition) is 2. The van der Waals surface area contributed by atoms with Crippen LogP contribution in [0.4, 0.5) is 0 Å². The van der Waals surface area contributed by atoms with Crippen molar-refractivity contribution in [3.8, 4) is 0 Å². The van der Waals surface area contributed by atoms with Crippen LogP contribution in [0, 0.1) is 0 Å². The van der Waals surface area contributed by atoms with Crippen LogP contribution in [0.1, 0.15) is 13.3 Å². The van der Waals surface area contributed by atoms with E-state index in [1.165, 1.54) is 0 Å². The molecule has 12 heavy (non-hydrogen) atoms. The van der Waals surface area contributed by atoms with E-state index in [1.807, 2.05) is 37.3 Å². The Bertz CT molecular complexity index is 233. The Morgan fingerprint density at radius 3 is 2.58 bits per heavy atom. The summed E-state index contributed by atoms with van der Waals surface area (Å²) in [5.74, 6) is 0. The molecule has 0 N–H and O–H groups in total. The molecule has 0 fully saturated rings. The summed E-state index contributed by atoms with van der Waals surface area (Å²) in [5.41, 5.74) is 0. The first-order valence-corrected chi connectivity index (χ1v) is 4.91. The van der Waals surface area contributed by atoms with Crippen molar-refractivity contribution in [2.75, 3.05) is 0 Å². The Morgan fingerprint density at radius 1 is 1.42 bits per heavy atom. The molecule has 1 rings (SSSR count). The third kappa shape index (κ3) is 2.70. The van der Waals surface area contributed by atoms with E-state index in [9.17, 15) is 4.79 Å².